The summed E-state index contributed by atoms with van der Waals surface area (Å²) in [5.41, 5.74) is 4.98. The van der Waals surface area contributed by atoms with E-state index in [1.165, 1.54) is 16.8 Å². The zero-order chi connectivity index (χ0) is 12.3. The summed E-state index contributed by atoms with van der Waals surface area (Å²) in [4.78, 5) is 12.5. The van der Waals surface area contributed by atoms with Gasteiger partial charge in [0.2, 0.25) is 0 Å². The summed E-state index contributed by atoms with van der Waals surface area (Å²) in [7, 11) is 2.09. The van der Waals surface area contributed by atoms with Crippen LogP contribution in [0.5, 0.6) is 0 Å². The third kappa shape index (κ3) is 1.09. The van der Waals surface area contributed by atoms with Gasteiger partial charge in [0.15, 0.2) is 0 Å². The molecule has 18 heavy (non-hydrogen) atoms. The van der Waals surface area contributed by atoms with Gasteiger partial charge in [0.25, 0.3) is 5.82 Å². The van der Waals surface area contributed by atoms with Gasteiger partial charge in [0.1, 0.15) is 12.2 Å². The third-order valence-electron chi connectivity index (χ3n) is 4.26. The van der Waals surface area contributed by atoms with Crippen LogP contribution in [0.25, 0.3) is 11.4 Å². The van der Waals surface area contributed by atoms with Gasteiger partial charge in [-0.25, -0.2) is 9.36 Å². The van der Waals surface area contributed by atoms with Crippen LogP contribution in [0.2, 0.25) is 0 Å². The van der Waals surface area contributed by atoms with Gasteiger partial charge in [-0.1, -0.05) is 18.2 Å². The Balaban J connectivity index is 2.13. The van der Waals surface area contributed by atoms with Crippen LogP contribution in [0.15, 0.2) is 29.1 Å². The van der Waals surface area contributed by atoms with Crippen molar-refractivity contribution in [2.45, 2.75) is 25.8 Å². The van der Waals surface area contributed by atoms with Crippen LogP contribution >= 0.6 is 0 Å². The lowest BCUT2D eigenvalue weighted by molar-refractivity contribution is -0.671. The van der Waals surface area contributed by atoms with Crippen LogP contribution < -0.4 is 10.1 Å². The summed E-state index contributed by atoms with van der Waals surface area (Å²) in [5.74, 6) is 1.08. The summed E-state index contributed by atoms with van der Waals surface area (Å²) in [5, 5.41) is 0. The lowest BCUT2D eigenvalue weighted by atomic mass is 10.1. The first kappa shape index (κ1) is 10.1. The number of nitrogens with zero attached hydrogens (tertiary/aromatic N) is 2. The zero-order valence-corrected chi connectivity index (χ0v) is 10.4. The van der Waals surface area contributed by atoms with Crippen molar-refractivity contribution in [3.05, 3.63) is 51.4 Å². The Morgan fingerprint density at radius 1 is 1.22 bits per heavy atom. The molecule has 1 aliphatic carbocycles. The fraction of sp³-hybridized carbons (Fsp3) is 0.333. The molecule has 0 fully saturated rings. The van der Waals surface area contributed by atoms with Crippen LogP contribution in [0.3, 0.4) is 0 Å². The first-order valence-electron chi connectivity index (χ1n) is 6.50. The smallest absolute Gasteiger partial charge is 0.241 e. The van der Waals surface area contributed by atoms with E-state index in [0.717, 1.165) is 37.2 Å². The van der Waals surface area contributed by atoms with Crippen molar-refractivity contribution in [2.24, 2.45) is 7.05 Å². The molecule has 4 rings (SSSR count). The molecule has 90 valence electrons. The molecule has 0 saturated carbocycles. The van der Waals surface area contributed by atoms with E-state index in [9.17, 15) is 4.79 Å². The van der Waals surface area contributed by atoms with E-state index in [1.54, 1.807) is 0 Å². The first-order valence-corrected chi connectivity index (χ1v) is 6.50. The topological polar surface area (TPSA) is 25.9 Å². The lowest BCUT2D eigenvalue weighted by Gasteiger charge is -2.06. The molecule has 0 saturated heterocycles. The number of aromatic nitrogens is 2. The second-order valence-electron chi connectivity index (χ2n) is 5.21. The summed E-state index contributed by atoms with van der Waals surface area (Å²) in [6.07, 6.45) is 3.10. The quantitative estimate of drug-likeness (QED) is 0.541. The van der Waals surface area contributed by atoms with Crippen molar-refractivity contribution >= 4 is 0 Å². The SMILES string of the molecule is C[n+]1c2c(c(=O)n3c1-c1ccccc1C3)CCC2. The number of hydrogen-bond donors (Lipinski definition) is 0. The second-order valence-corrected chi connectivity index (χ2v) is 5.21. The minimum atomic E-state index is 0.229. The van der Waals surface area contributed by atoms with Crippen molar-refractivity contribution in [3.63, 3.8) is 0 Å². The van der Waals surface area contributed by atoms with Gasteiger partial charge in [-0.15, -0.1) is 0 Å². The van der Waals surface area contributed by atoms with E-state index < -0.39 is 0 Å². The molecule has 0 radical (unpaired) electrons. The fourth-order valence-corrected chi connectivity index (χ4v) is 3.42. The summed E-state index contributed by atoms with van der Waals surface area (Å²) in [6, 6.07) is 8.33. The van der Waals surface area contributed by atoms with E-state index in [2.05, 4.69) is 23.7 Å². The number of benzene rings is 1. The molecule has 0 spiro atoms. The molecule has 0 amide bonds. The first-order chi connectivity index (χ1) is 8.77. The zero-order valence-electron chi connectivity index (χ0n) is 10.4. The highest BCUT2D eigenvalue weighted by Gasteiger charge is 2.34. The molecule has 0 atom stereocenters. The van der Waals surface area contributed by atoms with Crippen molar-refractivity contribution < 1.29 is 4.57 Å². The Bertz CT molecular complexity index is 728. The summed E-state index contributed by atoms with van der Waals surface area (Å²) in [6.45, 7) is 0.728. The molecule has 3 heteroatoms. The number of rotatable bonds is 0. The largest absolute Gasteiger partial charge is 0.341 e. The number of fused-ring (bicyclic) bond motifs is 4. The van der Waals surface area contributed by atoms with Crippen molar-refractivity contribution in [3.8, 4) is 11.4 Å². The van der Waals surface area contributed by atoms with Gasteiger partial charge in [-0.05, 0) is 18.9 Å². The van der Waals surface area contributed by atoms with Gasteiger partial charge in [0.05, 0.1) is 18.2 Å². The molecule has 0 bridgehead atoms. The van der Waals surface area contributed by atoms with Crippen LogP contribution in [0.4, 0.5) is 0 Å². The van der Waals surface area contributed by atoms with Gasteiger partial charge < -0.3 is 0 Å². The van der Waals surface area contributed by atoms with Crippen LogP contribution in [-0.2, 0) is 26.4 Å². The molecule has 1 aliphatic heterocycles. The maximum absolute atomic E-state index is 12.5. The van der Waals surface area contributed by atoms with Crippen LogP contribution in [-0.4, -0.2) is 4.57 Å². The molecule has 3 nitrogen and oxygen atoms in total. The highest BCUT2D eigenvalue weighted by Crippen LogP contribution is 2.29. The molecular formula is C15H15N2O+. The average molecular weight is 239 g/mol. The highest BCUT2D eigenvalue weighted by atomic mass is 16.1. The number of hydrogen-bond acceptors (Lipinski definition) is 1. The van der Waals surface area contributed by atoms with E-state index in [1.807, 2.05) is 16.7 Å². The maximum Gasteiger partial charge on any atom is 0.341 e. The Hall–Kier alpha value is -1.90. The molecular weight excluding hydrogens is 224 g/mol. The molecule has 2 aliphatic rings. The van der Waals surface area contributed by atoms with Crippen molar-refractivity contribution in [1.82, 2.24) is 4.57 Å². The van der Waals surface area contributed by atoms with Gasteiger partial charge in [-0.3, -0.25) is 0 Å². The van der Waals surface area contributed by atoms with Crippen LogP contribution in [0, 0.1) is 0 Å². The van der Waals surface area contributed by atoms with Gasteiger partial charge in [-0.2, -0.15) is 4.57 Å². The molecule has 0 N–H and O–H groups in total. The van der Waals surface area contributed by atoms with Crippen LogP contribution in [0.1, 0.15) is 23.2 Å². The molecule has 2 aromatic rings. The molecule has 0 unspecified atom stereocenters. The monoisotopic (exact) mass is 239 g/mol. The van der Waals surface area contributed by atoms with E-state index in [0.29, 0.717) is 0 Å². The van der Waals surface area contributed by atoms with Crippen molar-refractivity contribution in [2.75, 3.05) is 0 Å². The minimum absolute atomic E-state index is 0.229. The Morgan fingerprint density at radius 2 is 2.06 bits per heavy atom. The van der Waals surface area contributed by atoms with E-state index in [-0.39, 0.29) is 5.56 Å². The average Bonchev–Trinajstić information content (AvgIpc) is 3.00. The normalized spacial score (nSPS) is 15.4. The van der Waals surface area contributed by atoms with E-state index >= 15 is 0 Å². The summed E-state index contributed by atoms with van der Waals surface area (Å²) >= 11 is 0. The van der Waals surface area contributed by atoms with Crippen molar-refractivity contribution in [1.29, 1.82) is 0 Å². The second kappa shape index (κ2) is 3.31. The van der Waals surface area contributed by atoms with E-state index in [4.69, 9.17) is 0 Å². The Labute approximate surface area is 105 Å². The minimum Gasteiger partial charge on any atom is -0.241 e. The lowest BCUT2D eigenvalue weighted by Crippen LogP contribution is -2.43. The molecule has 1 aromatic carbocycles. The predicted octanol–water partition coefficient (Wildman–Crippen LogP) is 1.19. The predicted molar refractivity (Wildman–Crippen MR) is 68.4 cm³/mol. The maximum atomic E-state index is 12.5. The third-order valence-corrected chi connectivity index (χ3v) is 4.26. The van der Waals surface area contributed by atoms with Gasteiger partial charge in [0, 0.05) is 12.0 Å². The fourth-order valence-electron chi connectivity index (χ4n) is 3.42. The molecule has 2 heterocycles. The van der Waals surface area contributed by atoms with Gasteiger partial charge >= 0.3 is 5.56 Å². The Kier molecular flexibility index (Phi) is 1.85. The Morgan fingerprint density at radius 3 is 2.94 bits per heavy atom. The molecule has 1 aromatic heterocycles. The summed E-state index contributed by atoms with van der Waals surface area (Å²) < 4.78 is 4.17. The highest BCUT2D eigenvalue weighted by molar-refractivity contribution is 5.62. The standard InChI is InChI=1S/C15H15N2O/c1-16-13-8-4-7-12(13)15(18)17-9-10-5-2-3-6-11(10)14(16)17/h2-3,5-6H,4,7-9H2,1H3/q+1.